The Bertz CT molecular complexity index is 595. The average molecular weight is 308 g/mol. The maximum absolute atomic E-state index is 6.33. The first-order chi connectivity index (χ1) is 9.63. The topological polar surface area (TPSA) is 18.5 Å². The van der Waals surface area contributed by atoms with E-state index in [1.807, 2.05) is 30.3 Å². The van der Waals surface area contributed by atoms with Gasteiger partial charge in [0.25, 0.3) is 0 Å². The standard InChI is InChI=1S/C16H13Cl2O2/c1-11-10-19-16(20-11,12-6-3-2-4-7-12)15-13(17)8-5-9-14(15)18/h2-9,11H,1,10H2. The van der Waals surface area contributed by atoms with Crippen LogP contribution in [0.3, 0.4) is 0 Å². The summed E-state index contributed by atoms with van der Waals surface area (Å²) in [4.78, 5) is 0. The van der Waals surface area contributed by atoms with Crippen molar-refractivity contribution in [3.05, 3.63) is 76.6 Å². The molecule has 0 N–H and O–H groups in total. The van der Waals surface area contributed by atoms with E-state index in [4.69, 9.17) is 32.7 Å². The molecule has 2 aromatic rings. The molecule has 1 radical (unpaired) electrons. The summed E-state index contributed by atoms with van der Waals surface area (Å²) in [6.07, 6.45) is -0.275. The van der Waals surface area contributed by atoms with Crippen LogP contribution in [-0.4, -0.2) is 12.7 Å². The van der Waals surface area contributed by atoms with E-state index >= 15 is 0 Å². The van der Waals surface area contributed by atoms with E-state index in [1.54, 1.807) is 18.2 Å². The quantitative estimate of drug-likeness (QED) is 0.816. The van der Waals surface area contributed by atoms with Crippen LogP contribution in [0.25, 0.3) is 0 Å². The molecule has 1 fully saturated rings. The molecule has 0 saturated carbocycles. The second kappa shape index (κ2) is 5.38. The molecule has 4 heteroatoms. The van der Waals surface area contributed by atoms with Crippen molar-refractivity contribution >= 4 is 23.2 Å². The molecule has 1 saturated heterocycles. The fraction of sp³-hybridized carbons (Fsp3) is 0.188. The fourth-order valence-electron chi connectivity index (χ4n) is 2.41. The Hall–Kier alpha value is -1.06. The minimum absolute atomic E-state index is 0.275. The molecule has 0 spiro atoms. The molecule has 3 rings (SSSR count). The third kappa shape index (κ3) is 2.23. The van der Waals surface area contributed by atoms with Crippen LogP contribution in [0, 0.1) is 6.92 Å². The third-order valence-electron chi connectivity index (χ3n) is 3.25. The maximum atomic E-state index is 6.33. The summed E-state index contributed by atoms with van der Waals surface area (Å²) in [6.45, 7) is 4.30. The minimum atomic E-state index is -1.09. The third-order valence-corrected chi connectivity index (χ3v) is 3.88. The van der Waals surface area contributed by atoms with Crippen molar-refractivity contribution in [3.63, 3.8) is 0 Å². The van der Waals surface area contributed by atoms with Gasteiger partial charge >= 0.3 is 0 Å². The SMILES string of the molecule is [CH2]C1COC(c2ccccc2)(c2c(Cl)cccc2Cl)O1. The predicted octanol–water partition coefficient (Wildman–Crippen LogP) is 4.44. The van der Waals surface area contributed by atoms with E-state index in [2.05, 4.69) is 6.92 Å². The van der Waals surface area contributed by atoms with Gasteiger partial charge in [-0.1, -0.05) is 59.6 Å². The van der Waals surface area contributed by atoms with Gasteiger partial charge in [-0.05, 0) is 19.1 Å². The van der Waals surface area contributed by atoms with Crippen molar-refractivity contribution < 1.29 is 9.47 Å². The fourth-order valence-corrected chi connectivity index (χ4v) is 3.06. The van der Waals surface area contributed by atoms with E-state index in [-0.39, 0.29) is 6.10 Å². The Morgan fingerprint density at radius 3 is 2.20 bits per heavy atom. The lowest BCUT2D eigenvalue weighted by atomic mass is 9.97. The van der Waals surface area contributed by atoms with E-state index in [0.29, 0.717) is 22.2 Å². The van der Waals surface area contributed by atoms with Crippen LogP contribution in [0.1, 0.15) is 11.1 Å². The highest BCUT2D eigenvalue weighted by Gasteiger charge is 2.46. The van der Waals surface area contributed by atoms with Gasteiger partial charge in [0, 0.05) is 5.56 Å². The summed E-state index contributed by atoms with van der Waals surface area (Å²) in [6, 6.07) is 15.0. The minimum Gasteiger partial charge on any atom is -0.339 e. The van der Waals surface area contributed by atoms with Crippen molar-refractivity contribution in [2.75, 3.05) is 6.61 Å². The molecule has 0 amide bonds. The Labute approximate surface area is 128 Å². The summed E-state index contributed by atoms with van der Waals surface area (Å²) in [5.74, 6) is -1.09. The Morgan fingerprint density at radius 1 is 1.00 bits per heavy atom. The molecule has 2 aromatic carbocycles. The van der Waals surface area contributed by atoms with Crippen LogP contribution >= 0.6 is 23.2 Å². The first-order valence-corrected chi connectivity index (χ1v) is 7.04. The summed E-state index contributed by atoms with van der Waals surface area (Å²) < 4.78 is 11.9. The smallest absolute Gasteiger partial charge is 0.225 e. The summed E-state index contributed by atoms with van der Waals surface area (Å²) in [5.41, 5.74) is 1.47. The molecule has 2 nitrogen and oxygen atoms in total. The zero-order valence-corrected chi connectivity index (χ0v) is 12.2. The molecule has 2 unspecified atom stereocenters. The number of hydrogen-bond donors (Lipinski definition) is 0. The molecule has 1 aliphatic heterocycles. The average Bonchev–Trinajstić information content (AvgIpc) is 2.83. The maximum Gasteiger partial charge on any atom is 0.225 e. The van der Waals surface area contributed by atoms with E-state index in [9.17, 15) is 0 Å². The van der Waals surface area contributed by atoms with Gasteiger partial charge in [-0.25, -0.2) is 0 Å². The summed E-state index contributed by atoms with van der Waals surface area (Å²) in [7, 11) is 0. The van der Waals surface area contributed by atoms with Crippen molar-refractivity contribution in [2.24, 2.45) is 0 Å². The van der Waals surface area contributed by atoms with Gasteiger partial charge in [-0.2, -0.15) is 0 Å². The van der Waals surface area contributed by atoms with Gasteiger partial charge in [0.2, 0.25) is 5.79 Å². The van der Waals surface area contributed by atoms with E-state index in [0.717, 1.165) is 5.56 Å². The Morgan fingerprint density at radius 2 is 1.65 bits per heavy atom. The zero-order chi connectivity index (χ0) is 14.2. The second-order valence-corrected chi connectivity index (χ2v) is 5.44. The Kier molecular flexibility index (Phi) is 3.74. The molecule has 2 atom stereocenters. The number of halogens is 2. The van der Waals surface area contributed by atoms with Crippen molar-refractivity contribution in [1.29, 1.82) is 0 Å². The monoisotopic (exact) mass is 307 g/mol. The normalized spacial score (nSPS) is 25.9. The van der Waals surface area contributed by atoms with Gasteiger partial charge in [0.05, 0.1) is 28.3 Å². The Balaban J connectivity index is 2.22. The summed E-state index contributed by atoms with van der Waals surface area (Å²) >= 11 is 12.7. The van der Waals surface area contributed by atoms with Crippen molar-refractivity contribution in [3.8, 4) is 0 Å². The highest BCUT2D eigenvalue weighted by Crippen LogP contribution is 2.46. The van der Waals surface area contributed by atoms with Crippen LogP contribution in [0.5, 0.6) is 0 Å². The summed E-state index contributed by atoms with van der Waals surface area (Å²) in [5, 5.41) is 1.02. The number of rotatable bonds is 2. The van der Waals surface area contributed by atoms with Crippen LogP contribution in [0.4, 0.5) is 0 Å². The molecule has 0 aromatic heterocycles. The first-order valence-electron chi connectivity index (χ1n) is 6.28. The second-order valence-electron chi connectivity index (χ2n) is 4.63. The van der Waals surface area contributed by atoms with E-state index < -0.39 is 5.79 Å². The molecule has 0 aliphatic carbocycles. The molecule has 1 heterocycles. The van der Waals surface area contributed by atoms with Gasteiger partial charge < -0.3 is 9.47 Å². The first kappa shape index (κ1) is 13.9. The highest BCUT2D eigenvalue weighted by atomic mass is 35.5. The lowest BCUT2D eigenvalue weighted by molar-refractivity contribution is -0.137. The number of benzene rings is 2. The largest absolute Gasteiger partial charge is 0.339 e. The van der Waals surface area contributed by atoms with Gasteiger partial charge in [0.15, 0.2) is 0 Å². The highest BCUT2D eigenvalue weighted by molar-refractivity contribution is 6.36. The van der Waals surface area contributed by atoms with Crippen LogP contribution in [-0.2, 0) is 15.3 Å². The van der Waals surface area contributed by atoms with Gasteiger partial charge in [0.1, 0.15) is 0 Å². The molecule has 103 valence electrons. The number of hydrogen-bond acceptors (Lipinski definition) is 2. The van der Waals surface area contributed by atoms with Crippen molar-refractivity contribution in [2.45, 2.75) is 11.9 Å². The van der Waals surface area contributed by atoms with Crippen LogP contribution in [0.2, 0.25) is 10.0 Å². The molecule has 0 bridgehead atoms. The lowest BCUT2D eigenvalue weighted by Gasteiger charge is -2.30. The van der Waals surface area contributed by atoms with Crippen LogP contribution < -0.4 is 0 Å². The predicted molar refractivity (Wildman–Crippen MR) is 79.9 cm³/mol. The van der Waals surface area contributed by atoms with Gasteiger partial charge in [-0.3, -0.25) is 0 Å². The number of ether oxygens (including phenoxy) is 2. The van der Waals surface area contributed by atoms with E-state index in [1.165, 1.54) is 0 Å². The molecule has 20 heavy (non-hydrogen) atoms. The molecule has 1 aliphatic rings. The van der Waals surface area contributed by atoms with Gasteiger partial charge in [-0.15, -0.1) is 0 Å². The van der Waals surface area contributed by atoms with Crippen LogP contribution in [0.15, 0.2) is 48.5 Å². The molecular formula is C16H13Cl2O2. The zero-order valence-electron chi connectivity index (χ0n) is 10.7. The van der Waals surface area contributed by atoms with Crippen molar-refractivity contribution in [1.82, 2.24) is 0 Å². The molecular weight excluding hydrogens is 295 g/mol. The lowest BCUT2D eigenvalue weighted by Crippen LogP contribution is -2.30.